The van der Waals surface area contributed by atoms with Gasteiger partial charge in [0.15, 0.2) is 11.5 Å². The first kappa shape index (κ1) is 13.4. The van der Waals surface area contributed by atoms with Gasteiger partial charge in [0.2, 0.25) is 0 Å². The number of ether oxygens (including phenoxy) is 2. The van der Waals surface area contributed by atoms with Gasteiger partial charge < -0.3 is 15.2 Å². The molecule has 1 aliphatic heterocycles. The Labute approximate surface area is 120 Å². The highest BCUT2D eigenvalue weighted by Gasteiger charge is 2.24. The molecular formula is C13H14N4O4. The van der Waals surface area contributed by atoms with Gasteiger partial charge in [0, 0.05) is 24.9 Å². The quantitative estimate of drug-likeness (QED) is 0.666. The Kier molecular flexibility index (Phi) is 3.44. The molecule has 2 N–H and O–H groups in total. The number of nitro groups is 1. The van der Waals surface area contributed by atoms with E-state index in [0.29, 0.717) is 49.2 Å². The largest absolute Gasteiger partial charge is 0.486 e. The van der Waals surface area contributed by atoms with E-state index < -0.39 is 4.92 Å². The third kappa shape index (κ3) is 2.40. The summed E-state index contributed by atoms with van der Waals surface area (Å²) in [6, 6.07) is 2.99. The monoisotopic (exact) mass is 290 g/mol. The van der Waals surface area contributed by atoms with E-state index in [9.17, 15) is 10.1 Å². The summed E-state index contributed by atoms with van der Waals surface area (Å²) in [5.74, 6) is 1.55. The van der Waals surface area contributed by atoms with Crippen LogP contribution in [0.3, 0.4) is 0 Å². The topological polar surface area (TPSA) is 105 Å². The molecule has 0 amide bonds. The van der Waals surface area contributed by atoms with Crippen molar-refractivity contribution in [2.24, 2.45) is 5.73 Å². The van der Waals surface area contributed by atoms with Gasteiger partial charge in [0.1, 0.15) is 24.7 Å². The fourth-order valence-electron chi connectivity index (χ4n) is 2.27. The van der Waals surface area contributed by atoms with Crippen molar-refractivity contribution in [3.63, 3.8) is 0 Å². The first-order valence-corrected chi connectivity index (χ1v) is 6.51. The van der Waals surface area contributed by atoms with Crippen LogP contribution >= 0.6 is 0 Å². The van der Waals surface area contributed by atoms with E-state index in [-0.39, 0.29) is 5.69 Å². The minimum Gasteiger partial charge on any atom is -0.486 e. The van der Waals surface area contributed by atoms with E-state index in [4.69, 9.17) is 15.2 Å². The molecule has 2 heterocycles. The van der Waals surface area contributed by atoms with Crippen molar-refractivity contribution in [3.05, 3.63) is 40.5 Å². The molecule has 0 spiro atoms. The average Bonchev–Trinajstić information content (AvgIpc) is 2.94. The summed E-state index contributed by atoms with van der Waals surface area (Å²) in [6.07, 6.45) is 3.79. The Morgan fingerprint density at radius 1 is 1.33 bits per heavy atom. The van der Waals surface area contributed by atoms with Crippen LogP contribution in [0.5, 0.6) is 11.5 Å². The van der Waals surface area contributed by atoms with Crippen molar-refractivity contribution >= 4 is 5.69 Å². The maximum absolute atomic E-state index is 11.3. The van der Waals surface area contributed by atoms with Gasteiger partial charge in [0.05, 0.1) is 11.0 Å². The predicted molar refractivity (Wildman–Crippen MR) is 74.0 cm³/mol. The summed E-state index contributed by atoms with van der Waals surface area (Å²) in [6.45, 7) is 1.21. The lowest BCUT2D eigenvalue weighted by Crippen LogP contribution is -2.16. The standard InChI is InChI=1S/C13H14N4O4/c14-2-1-13-15-3-4-16(13)9-7-11-12(21-6-5-20-11)8-10(9)17(18)19/h3-4,7-8H,1-2,5-6,14H2. The highest BCUT2D eigenvalue weighted by Crippen LogP contribution is 2.38. The first-order valence-electron chi connectivity index (χ1n) is 6.51. The van der Waals surface area contributed by atoms with Crippen molar-refractivity contribution in [1.82, 2.24) is 9.55 Å². The Morgan fingerprint density at radius 2 is 2.05 bits per heavy atom. The summed E-state index contributed by atoms with van der Waals surface area (Å²) in [5.41, 5.74) is 5.88. The first-order chi connectivity index (χ1) is 10.2. The van der Waals surface area contributed by atoms with E-state index in [2.05, 4.69) is 4.98 Å². The van der Waals surface area contributed by atoms with Crippen molar-refractivity contribution in [2.75, 3.05) is 19.8 Å². The van der Waals surface area contributed by atoms with Crippen molar-refractivity contribution < 1.29 is 14.4 Å². The molecule has 2 aromatic rings. The fraction of sp³-hybridized carbons (Fsp3) is 0.308. The number of nitrogens with two attached hydrogens (primary N) is 1. The number of hydrogen-bond donors (Lipinski definition) is 1. The lowest BCUT2D eigenvalue weighted by molar-refractivity contribution is -0.384. The molecule has 1 aliphatic rings. The molecule has 0 saturated carbocycles. The number of fused-ring (bicyclic) bond motifs is 1. The zero-order valence-corrected chi connectivity index (χ0v) is 11.2. The molecular weight excluding hydrogens is 276 g/mol. The maximum atomic E-state index is 11.3. The molecule has 1 aromatic carbocycles. The van der Waals surface area contributed by atoms with Crippen LogP contribution in [0.2, 0.25) is 0 Å². The number of rotatable bonds is 4. The summed E-state index contributed by atoms with van der Waals surface area (Å²) in [5, 5.41) is 11.3. The highest BCUT2D eigenvalue weighted by molar-refractivity contribution is 5.62. The molecule has 0 bridgehead atoms. The van der Waals surface area contributed by atoms with Gasteiger partial charge in [0.25, 0.3) is 5.69 Å². The summed E-state index contributed by atoms with van der Waals surface area (Å²) in [7, 11) is 0. The number of imidazole rings is 1. The van der Waals surface area contributed by atoms with Gasteiger partial charge in [-0.25, -0.2) is 4.98 Å². The van der Waals surface area contributed by atoms with Gasteiger partial charge in [-0.15, -0.1) is 0 Å². The maximum Gasteiger partial charge on any atom is 0.297 e. The van der Waals surface area contributed by atoms with Crippen molar-refractivity contribution in [2.45, 2.75) is 6.42 Å². The molecule has 0 aliphatic carbocycles. The zero-order chi connectivity index (χ0) is 14.8. The molecule has 0 radical (unpaired) electrons. The van der Waals surface area contributed by atoms with Crippen LogP contribution < -0.4 is 15.2 Å². The highest BCUT2D eigenvalue weighted by atomic mass is 16.6. The molecule has 8 nitrogen and oxygen atoms in total. The van der Waals surface area contributed by atoms with Crippen LogP contribution in [0.25, 0.3) is 5.69 Å². The second-order valence-corrected chi connectivity index (χ2v) is 4.49. The normalized spacial score (nSPS) is 13.2. The molecule has 3 rings (SSSR count). The minimum atomic E-state index is -0.445. The summed E-state index contributed by atoms with van der Waals surface area (Å²) >= 11 is 0. The van der Waals surface area contributed by atoms with E-state index in [1.54, 1.807) is 23.0 Å². The van der Waals surface area contributed by atoms with Crippen LogP contribution in [0, 0.1) is 10.1 Å². The number of benzene rings is 1. The number of aromatic nitrogens is 2. The Balaban J connectivity index is 2.15. The van der Waals surface area contributed by atoms with Gasteiger partial charge >= 0.3 is 0 Å². The average molecular weight is 290 g/mol. The smallest absolute Gasteiger partial charge is 0.297 e. The van der Waals surface area contributed by atoms with E-state index in [0.717, 1.165) is 0 Å². The zero-order valence-electron chi connectivity index (χ0n) is 11.2. The third-order valence-corrected chi connectivity index (χ3v) is 3.18. The Morgan fingerprint density at radius 3 is 2.71 bits per heavy atom. The minimum absolute atomic E-state index is 0.0597. The number of nitrogens with zero attached hydrogens (tertiary/aromatic N) is 3. The molecule has 0 unspecified atom stereocenters. The van der Waals surface area contributed by atoms with Gasteiger partial charge in [-0.05, 0) is 6.54 Å². The van der Waals surface area contributed by atoms with Gasteiger partial charge in [-0.1, -0.05) is 0 Å². The molecule has 0 saturated heterocycles. The lowest BCUT2D eigenvalue weighted by atomic mass is 10.2. The van der Waals surface area contributed by atoms with Gasteiger partial charge in [-0.3, -0.25) is 14.7 Å². The van der Waals surface area contributed by atoms with Crippen LogP contribution in [0.1, 0.15) is 5.82 Å². The predicted octanol–water partition coefficient (Wildman–Crippen LogP) is 1.05. The second-order valence-electron chi connectivity index (χ2n) is 4.49. The van der Waals surface area contributed by atoms with Crippen molar-refractivity contribution in [3.8, 4) is 17.2 Å². The fourth-order valence-corrected chi connectivity index (χ4v) is 2.27. The molecule has 0 atom stereocenters. The van der Waals surface area contributed by atoms with Crippen LogP contribution in [0.15, 0.2) is 24.5 Å². The molecule has 8 heteroatoms. The van der Waals surface area contributed by atoms with Crippen LogP contribution in [-0.2, 0) is 6.42 Å². The Bertz CT molecular complexity index is 683. The van der Waals surface area contributed by atoms with E-state index in [1.807, 2.05) is 0 Å². The lowest BCUT2D eigenvalue weighted by Gasteiger charge is -2.19. The van der Waals surface area contributed by atoms with Crippen LogP contribution in [-0.4, -0.2) is 34.2 Å². The second kappa shape index (κ2) is 5.41. The Hall–Kier alpha value is -2.61. The van der Waals surface area contributed by atoms with Crippen LogP contribution in [0.4, 0.5) is 5.69 Å². The SMILES string of the molecule is NCCc1nccn1-c1cc2c(cc1[N+](=O)[O-])OCCO2. The molecule has 110 valence electrons. The number of hydrogen-bond acceptors (Lipinski definition) is 6. The molecule has 1 aromatic heterocycles. The summed E-state index contributed by atoms with van der Waals surface area (Å²) in [4.78, 5) is 15.1. The van der Waals surface area contributed by atoms with E-state index in [1.165, 1.54) is 6.07 Å². The summed E-state index contributed by atoms with van der Waals surface area (Å²) < 4.78 is 12.5. The van der Waals surface area contributed by atoms with E-state index >= 15 is 0 Å². The van der Waals surface area contributed by atoms with Gasteiger partial charge in [-0.2, -0.15) is 0 Å². The third-order valence-electron chi connectivity index (χ3n) is 3.18. The number of nitro benzene ring substituents is 1. The molecule has 21 heavy (non-hydrogen) atoms. The van der Waals surface area contributed by atoms with Crippen molar-refractivity contribution in [1.29, 1.82) is 0 Å². The molecule has 0 fully saturated rings.